The Kier molecular flexibility index (Phi) is 4.89. The van der Waals surface area contributed by atoms with Crippen LogP contribution in [0.15, 0.2) is 18.2 Å². The van der Waals surface area contributed by atoms with Gasteiger partial charge < -0.3 is 5.32 Å². The second-order valence-electron chi connectivity index (χ2n) is 5.46. The lowest BCUT2D eigenvalue weighted by atomic mass is 9.94. The quantitative estimate of drug-likeness (QED) is 0.905. The average molecular weight is 289 g/mol. The number of nitrogens with zero attached hydrogens (tertiary/aromatic N) is 2. The van der Waals surface area contributed by atoms with Crippen LogP contribution in [0.3, 0.4) is 0 Å². The molecule has 1 unspecified atom stereocenters. The molecule has 1 N–H and O–H groups in total. The Labute approximate surface area is 125 Å². The van der Waals surface area contributed by atoms with Gasteiger partial charge >= 0.3 is 0 Å². The Hall–Kier alpha value is -1.26. The Bertz CT molecular complexity index is 575. The summed E-state index contributed by atoms with van der Waals surface area (Å²) in [6.07, 6.45) is 0. The smallest absolute Gasteiger partial charge is 0.0832 e. The first-order valence-corrected chi connectivity index (χ1v) is 7.95. The molecule has 108 valence electrons. The van der Waals surface area contributed by atoms with Crippen LogP contribution in [0.4, 0.5) is 0 Å². The maximum absolute atomic E-state index is 4.32. The van der Waals surface area contributed by atoms with Crippen LogP contribution < -0.4 is 5.32 Å². The van der Waals surface area contributed by atoms with Crippen molar-refractivity contribution in [2.75, 3.05) is 6.54 Å². The summed E-state index contributed by atoms with van der Waals surface area (Å²) >= 11 is 1.51. The molecule has 2 aromatic rings. The molecule has 0 fully saturated rings. The SMILES string of the molecule is CCNC(c1cccc(C)c1C)c1snnc1C(C)C. The summed E-state index contributed by atoms with van der Waals surface area (Å²) in [7, 11) is 0. The third-order valence-corrected chi connectivity index (χ3v) is 4.52. The van der Waals surface area contributed by atoms with Gasteiger partial charge in [0.15, 0.2) is 0 Å². The zero-order chi connectivity index (χ0) is 14.7. The lowest BCUT2D eigenvalue weighted by molar-refractivity contribution is 0.623. The molecule has 20 heavy (non-hydrogen) atoms. The molecule has 1 atom stereocenters. The molecule has 0 spiro atoms. The van der Waals surface area contributed by atoms with Crippen LogP contribution in [0.5, 0.6) is 0 Å². The predicted molar refractivity (Wildman–Crippen MR) is 85.4 cm³/mol. The second kappa shape index (κ2) is 6.46. The minimum atomic E-state index is 0.192. The molecule has 1 heterocycles. The summed E-state index contributed by atoms with van der Waals surface area (Å²) in [6.45, 7) is 11.8. The molecule has 2 rings (SSSR count). The van der Waals surface area contributed by atoms with Crippen LogP contribution in [-0.2, 0) is 0 Å². The first-order valence-electron chi connectivity index (χ1n) is 7.17. The van der Waals surface area contributed by atoms with Crippen molar-refractivity contribution in [2.45, 2.75) is 46.6 Å². The van der Waals surface area contributed by atoms with Gasteiger partial charge in [0, 0.05) is 0 Å². The van der Waals surface area contributed by atoms with Crippen molar-refractivity contribution < 1.29 is 0 Å². The molecule has 4 heteroatoms. The predicted octanol–water partition coefficient (Wildman–Crippen LogP) is 3.98. The standard InChI is InChI=1S/C16H23N3S/c1-6-17-15(13-9-7-8-11(4)12(13)5)16-14(10(2)3)18-19-20-16/h7-10,15,17H,6H2,1-5H3. The van der Waals surface area contributed by atoms with Crippen LogP contribution in [-0.4, -0.2) is 16.1 Å². The second-order valence-corrected chi connectivity index (χ2v) is 6.24. The first kappa shape index (κ1) is 15.1. The van der Waals surface area contributed by atoms with Crippen LogP contribution in [0.2, 0.25) is 0 Å². The van der Waals surface area contributed by atoms with E-state index < -0.39 is 0 Å². The summed E-state index contributed by atoms with van der Waals surface area (Å²) in [4.78, 5) is 1.25. The van der Waals surface area contributed by atoms with Crippen LogP contribution in [0.1, 0.15) is 60.0 Å². The van der Waals surface area contributed by atoms with E-state index in [1.165, 1.54) is 33.1 Å². The summed E-state index contributed by atoms with van der Waals surface area (Å²) in [5.74, 6) is 0.398. The summed E-state index contributed by atoms with van der Waals surface area (Å²) in [5.41, 5.74) is 5.12. The minimum absolute atomic E-state index is 0.192. The Balaban J connectivity index is 2.51. The molecular formula is C16H23N3S. The molecule has 1 aromatic heterocycles. The molecule has 3 nitrogen and oxygen atoms in total. The summed E-state index contributed by atoms with van der Waals surface area (Å²) < 4.78 is 4.18. The molecule has 1 aromatic carbocycles. The van der Waals surface area contributed by atoms with Crippen molar-refractivity contribution in [1.82, 2.24) is 14.9 Å². The topological polar surface area (TPSA) is 37.8 Å². The molecule has 0 amide bonds. The zero-order valence-corrected chi connectivity index (χ0v) is 13.7. The molecule has 0 saturated carbocycles. The molecule has 0 radical (unpaired) electrons. The van der Waals surface area contributed by atoms with E-state index in [4.69, 9.17) is 0 Å². The van der Waals surface area contributed by atoms with Gasteiger partial charge in [0.2, 0.25) is 0 Å². The monoisotopic (exact) mass is 289 g/mol. The maximum Gasteiger partial charge on any atom is 0.0832 e. The lowest BCUT2D eigenvalue weighted by Crippen LogP contribution is -2.23. The highest BCUT2D eigenvalue weighted by Crippen LogP contribution is 2.32. The van der Waals surface area contributed by atoms with E-state index >= 15 is 0 Å². The minimum Gasteiger partial charge on any atom is -0.306 e. The molecule has 0 aliphatic rings. The number of aromatic nitrogens is 2. The fourth-order valence-electron chi connectivity index (χ4n) is 2.44. The van der Waals surface area contributed by atoms with Crippen LogP contribution in [0.25, 0.3) is 0 Å². The number of rotatable bonds is 5. The van der Waals surface area contributed by atoms with Crippen LogP contribution in [0, 0.1) is 13.8 Å². The summed E-state index contributed by atoms with van der Waals surface area (Å²) in [5, 5.41) is 7.92. The van der Waals surface area contributed by atoms with Crippen molar-refractivity contribution in [2.24, 2.45) is 0 Å². The number of hydrogen-bond acceptors (Lipinski definition) is 4. The normalized spacial score (nSPS) is 12.9. The van der Waals surface area contributed by atoms with Crippen molar-refractivity contribution in [3.05, 3.63) is 45.5 Å². The Morgan fingerprint density at radius 3 is 2.65 bits per heavy atom. The molecule has 0 saturated heterocycles. The average Bonchev–Trinajstić information content (AvgIpc) is 2.89. The van der Waals surface area contributed by atoms with Crippen molar-refractivity contribution >= 4 is 11.5 Å². The first-order chi connectivity index (χ1) is 9.56. The van der Waals surface area contributed by atoms with Gasteiger partial charge in [0.05, 0.1) is 16.6 Å². The van der Waals surface area contributed by atoms with E-state index in [1.54, 1.807) is 0 Å². The molecule has 0 aliphatic heterocycles. The van der Waals surface area contributed by atoms with Gasteiger partial charge in [0.1, 0.15) is 0 Å². The highest BCUT2D eigenvalue weighted by atomic mass is 32.1. The van der Waals surface area contributed by atoms with E-state index in [-0.39, 0.29) is 6.04 Å². The fourth-order valence-corrected chi connectivity index (χ4v) is 3.34. The lowest BCUT2D eigenvalue weighted by Gasteiger charge is -2.21. The van der Waals surface area contributed by atoms with Gasteiger partial charge in [-0.2, -0.15) is 0 Å². The van der Waals surface area contributed by atoms with E-state index in [2.05, 4.69) is 67.7 Å². The van der Waals surface area contributed by atoms with Crippen molar-refractivity contribution in [1.29, 1.82) is 0 Å². The van der Waals surface area contributed by atoms with E-state index in [0.717, 1.165) is 12.2 Å². The third kappa shape index (κ3) is 2.91. The van der Waals surface area contributed by atoms with E-state index in [1.807, 2.05) is 0 Å². The Morgan fingerprint density at radius 1 is 1.25 bits per heavy atom. The van der Waals surface area contributed by atoms with E-state index in [0.29, 0.717) is 5.92 Å². The number of benzene rings is 1. The van der Waals surface area contributed by atoms with Gasteiger partial charge in [-0.25, -0.2) is 0 Å². The zero-order valence-electron chi connectivity index (χ0n) is 12.9. The number of aryl methyl sites for hydroxylation is 1. The van der Waals surface area contributed by atoms with E-state index in [9.17, 15) is 0 Å². The van der Waals surface area contributed by atoms with Gasteiger partial charge in [-0.3, -0.25) is 0 Å². The molecule has 0 bridgehead atoms. The largest absolute Gasteiger partial charge is 0.306 e. The molecule has 0 aliphatic carbocycles. The van der Waals surface area contributed by atoms with Gasteiger partial charge in [-0.1, -0.05) is 43.5 Å². The van der Waals surface area contributed by atoms with Crippen molar-refractivity contribution in [3.63, 3.8) is 0 Å². The third-order valence-electron chi connectivity index (χ3n) is 3.72. The highest BCUT2D eigenvalue weighted by molar-refractivity contribution is 7.05. The Morgan fingerprint density at radius 2 is 2.00 bits per heavy atom. The van der Waals surface area contributed by atoms with Crippen LogP contribution >= 0.6 is 11.5 Å². The number of hydrogen-bond donors (Lipinski definition) is 1. The van der Waals surface area contributed by atoms with Gasteiger partial charge in [-0.05, 0) is 54.5 Å². The van der Waals surface area contributed by atoms with Gasteiger partial charge in [0.25, 0.3) is 0 Å². The summed E-state index contributed by atoms with van der Waals surface area (Å²) in [6, 6.07) is 6.69. The fraction of sp³-hybridized carbons (Fsp3) is 0.500. The van der Waals surface area contributed by atoms with Crippen molar-refractivity contribution in [3.8, 4) is 0 Å². The maximum atomic E-state index is 4.32. The molecular weight excluding hydrogens is 266 g/mol. The van der Waals surface area contributed by atoms with Gasteiger partial charge in [-0.15, -0.1) is 5.10 Å². The number of nitrogens with one attached hydrogen (secondary N) is 1. The highest BCUT2D eigenvalue weighted by Gasteiger charge is 2.23.